The lowest BCUT2D eigenvalue weighted by molar-refractivity contribution is 0.0625. The average Bonchev–Trinajstić information content (AvgIpc) is 3.10. The molecule has 0 amide bonds. The van der Waals surface area contributed by atoms with E-state index in [0.29, 0.717) is 5.56 Å². The molecule has 3 rings (SSSR count). The van der Waals surface area contributed by atoms with E-state index in [1.807, 2.05) is 6.92 Å². The lowest BCUT2D eigenvalue weighted by atomic mass is 9.84. The summed E-state index contributed by atoms with van der Waals surface area (Å²) < 4.78 is 13.3. The number of halogens is 1. The van der Waals surface area contributed by atoms with Crippen LogP contribution in [0.2, 0.25) is 0 Å². The molecule has 1 aromatic carbocycles. The van der Waals surface area contributed by atoms with Crippen LogP contribution in [0.15, 0.2) is 18.2 Å². The van der Waals surface area contributed by atoms with Crippen molar-refractivity contribution in [3.05, 3.63) is 35.1 Å². The molecular weight excluding hydrogens is 253 g/mol. The second-order valence-electron chi connectivity index (χ2n) is 6.22. The molecule has 1 heterocycles. The van der Waals surface area contributed by atoms with Crippen LogP contribution < -0.4 is 0 Å². The number of carbonyl (C=O) groups is 1. The molecule has 0 spiro atoms. The maximum Gasteiger partial charge on any atom is 0.183 e. The highest BCUT2D eigenvalue weighted by atomic mass is 19.1. The number of Topliss-reactive ketones (excluding diaryl/α,β-unsaturated/α-hetero) is 1. The first-order valence-corrected chi connectivity index (χ1v) is 7.69. The number of nitrogens with zero attached hydrogens (tertiary/aromatic N) is 1. The number of likely N-dealkylation sites (tertiary alicyclic amines) is 1. The van der Waals surface area contributed by atoms with Crippen LogP contribution >= 0.6 is 0 Å². The Morgan fingerprint density at radius 3 is 2.40 bits per heavy atom. The molecule has 1 saturated heterocycles. The Morgan fingerprint density at radius 1 is 1.15 bits per heavy atom. The van der Waals surface area contributed by atoms with Crippen molar-refractivity contribution in [2.45, 2.75) is 51.0 Å². The monoisotopic (exact) mass is 275 g/mol. The van der Waals surface area contributed by atoms with Crippen LogP contribution in [0.1, 0.15) is 54.4 Å². The minimum absolute atomic E-state index is 0.217. The quantitative estimate of drug-likeness (QED) is 0.783. The highest BCUT2D eigenvalue weighted by Crippen LogP contribution is 2.40. The molecule has 20 heavy (non-hydrogen) atoms. The Hall–Kier alpha value is -1.22. The molecule has 1 saturated carbocycles. The van der Waals surface area contributed by atoms with Gasteiger partial charge in [0, 0.05) is 5.56 Å². The zero-order valence-electron chi connectivity index (χ0n) is 12.1. The smallest absolute Gasteiger partial charge is 0.183 e. The van der Waals surface area contributed by atoms with Gasteiger partial charge >= 0.3 is 0 Å². The van der Waals surface area contributed by atoms with Crippen molar-refractivity contribution >= 4 is 5.78 Å². The molecule has 0 bridgehead atoms. The molecule has 0 N–H and O–H groups in total. The maximum absolute atomic E-state index is 13.3. The van der Waals surface area contributed by atoms with Crippen molar-refractivity contribution in [3.63, 3.8) is 0 Å². The molecule has 2 fully saturated rings. The van der Waals surface area contributed by atoms with E-state index in [9.17, 15) is 9.18 Å². The summed E-state index contributed by atoms with van der Waals surface area (Å²) >= 11 is 0. The first-order chi connectivity index (χ1) is 9.63. The Bertz CT molecular complexity index is 514. The third-order valence-corrected chi connectivity index (χ3v) is 5.00. The molecule has 0 aromatic heterocycles. The van der Waals surface area contributed by atoms with Gasteiger partial charge in [-0.15, -0.1) is 0 Å². The third kappa shape index (κ3) is 2.18. The minimum atomic E-state index is -0.306. The van der Waals surface area contributed by atoms with Crippen molar-refractivity contribution in [1.29, 1.82) is 0 Å². The average molecular weight is 275 g/mol. The molecule has 0 radical (unpaired) electrons. The Labute approximate surface area is 120 Å². The van der Waals surface area contributed by atoms with Gasteiger partial charge < -0.3 is 0 Å². The van der Waals surface area contributed by atoms with Crippen LogP contribution in [-0.2, 0) is 0 Å². The van der Waals surface area contributed by atoms with Crippen molar-refractivity contribution in [2.75, 3.05) is 13.1 Å². The van der Waals surface area contributed by atoms with Gasteiger partial charge in [-0.25, -0.2) is 4.39 Å². The second-order valence-corrected chi connectivity index (χ2v) is 6.22. The Kier molecular flexibility index (Phi) is 3.63. The predicted octanol–water partition coefficient (Wildman–Crippen LogP) is 3.73. The molecule has 0 unspecified atom stereocenters. The highest BCUT2D eigenvalue weighted by Gasteiger charge is 2.47. The van der Waals surface area contributed by atoms with Gasteiger partial charge in [0.05, 0.1) is 5.54 Å². The van der Waals surface area contributed by atoms with Crippen molar-refractivity contribution < 1.29 is 9.18 Å². The zero-order valence-corrected chi connectivity index (χ0v) is 12.1. The number of rotatable bonds is 3. The van der Waals surface area contributed by atoms with Crippen molar-refractivity contribution in [2.24, 2.45) is 0 Å². The summed E-state index contributed by atoms with van der Waals surface area (Å²) in [5, 5.41) is 0. The van der Waals surface area contributed by atoms with E-state index >= 15 is 0 Å². The summed E-state index contributed by atoms with van der Waals surface area (Å²) in [4.78, 5) is 15.5. The van der Waals surface area contributed by atoms with E-state index in [2.05, 4.69) is 4.90 Å². The number of hydrogen-bond donors (Lipinski definition) is 0. The summed E-state index contributed by atoms with van der Waals surface area (Å²) in [6, 6.07) is 4.55. The fraction of sp³-hybridized carbons (Fsp3) is 0.588. The third-order valence-electron chi connectivity index (χ3n) is 5.00. The molecule has 3 heteroatoms. The van der Waals surface area contributed by atoms with E-state index in [-0.39, 0.29) is 17.1 Å². The minimum Gasteiger partial charge on any atom is -0.292 e. The SMILES string of the molecule is Cc1cc(F)ccc1C(=O)C1(N2CCCC2)CCCC1. The fourth-order valence-electron chi connectivity index (χ4n) is 3.92. The van der Waals surface area contributed by atoms with Gasteiger partial charge in [0.25, 0.3) is 0 Å². The van der Waals surface area contributed by atoms with Gasteiger partial charge in [-0.05, 0) is 69.5 Å². The summed E-state index contributed by atoms with van der Waals surface area (Å²) in [7, 11) is 0. The predicted molar refractivity (Wildman–Crippen MR) is 77.5 cm³/mol. The number of ketones is 1. The highest BCUT2D eigenvalue weighted by molar-refractivity contribution is 6.04. The largest absolute Gasteiger partial charge is 0.292 e. The van der Waals surface area contributed by atoms with Crippen LogP contribution in [0.25, 0.3) is 0 Å². The summed E-state index contributed by atoms with van der Waals surface area (Å²) in [6.07, 6.45) is 6.56. The Morgan fingerprint density at radius 2 is 1.80 bits per heavy atom. The lowest BCUT2D eigenvalue weighted by Crippen LogP contribution is -2.51. The van der Waals surface area contributed by atoms with Crippen molar-refractivity contribution in [1.82, 2.24) is 4.90 Å². The molecule has 108 valence electrons. The van der Waals surface area contributed by atoms with Gasteiger partial charge in [-0.2, -0.15) is 0 Å². The standard InChI is InChI=1S/C17H22FNO/c1-13-12-14(18)6-7-15(13)16(20)17(8-2-3-9-17)19-10-4-5-11-19/h6-7,12H,2-5,8-11H2,1H3. The topological polar surface area (TPSA) is 20.3 Å². The number of aryl methyl sites for hydroxylation is 1. The number of benzene rings is 1. The van der Waals surface area contributed by atoms with Gasteiger partial charge in [0.15, 0.2) is 5.78 Å². The van der Waals surface area contributed by atoms with Crippen LogP contribution in [0.5, 0.6) is 0 Å². The van der Waals surface area contributed by atoms with Gasteiger partial charge in [-0.1, -0.05) is 12.8 Å². The molecule has 2 aliphatic rings. The molecule has 0 atom stereocenters. The molecule has 1 aromatic rings. The first kappa shape index (κ1) is 13.7. The van der Waals surface area contributed by atoms with E-state index < -0.39 is 0 Å². The lowest BCUT2D eigenvalue weighted by Gasteiger charge is -2.37. The molecule has 1 aliphatic heterocycles. The van der Waals surface area contributed by atoms with Crippen LogP contribution in [0, 0.1) is 12.7 Å². The van der Waals surface area contributed by atoms with Crippen LogP contribution in [-0.4, -0.2) is 29.3 Å². The van der Waals surface area contributed by atoms with E-state index in [4.69, 9.17) is 0 Å². The molecule has 2 nitrogen and oxygen atoms in total. The first-order valence-electron chi connectivity index (χ1n) is 7.69. The van der Waals surface area contributed by atoms with Gasteiger partial charge in [0.1, 0.15) is 5.82 Å². The van der Waals surface area contributed by atoms with Crippen LogP contribution in [0.3, 0.4) is 0 Å². The van der Waals surface area contributed by atoms with Gasteiger partial charge in [0.2, 0.25) is 0 Å². The molecular formula is C17H22FNO. The van der Waals surface area contributed by atoms with Crippen LogP contribution in [0.4, 0.5) is 4.39 Å². The number of hydrogen-bond acceptors (Lipinski definition) is 2. The normalized spacial score (nSPS) is 22.3. The van der Waals surface area contributed by atoms with E-state index in [0.717, 1.165) is 44.3 Å². The fourth-order valence-corrected chi connectivity index (χ4v) is 3.92. The molecule has 1 aliphatic carbocycles. The van der Waals surface area contributed by atoms with E-state index in [1.54, 1.807) is 6.07 Å². The maximum atomic E-state index is 13.3. The van der Waals surface area contributed by atoms with E-state index in [1.165, 1.54) is 25.0 Å². The summed E-state index contributed by atoms with van der Waals surface area (Å²) in [5.41, 5.74) is 1.17. The zero-order chi connectivity index (χ0) is 14.2. The van der Waals surface area contributed by atoms with Crippen molar-refractivity contribution in [3.8, 4) is 0 Å². The van der Waals surface area contributed by atoms with Gasteiger partial charge in [-0.3, -0.25) is 9.69 Å². The number of carbonyl (C=O) groups excluding carboxylic acids is 1. The second kappa shape index (κ2) is 5.28. The summed E-state index contributed by atoms with van der Waals surface area (Å²) in [5.74, 6) is -0.0462. The Balaban J connectivity index is 1.96. The summed E-state index contributed by atoms with van der Waals surface area (Å²) in [6.45, 7) is 3.90.